The average Bonchev–Trinajstić information content (AvgIpc) is 2.69. The monoisotopic (exact) mass is 448 g/mol. The summed E-state index contributed by atoms with van der Waals surface area (Å²) in [7, 11) is -3.47. The number of hydrogen-bond donors (Lipinski definition) is 1. The van der Waals surface area contributed by atoms with Gasteiger partial charge in [0, 0.05) is 24.0 Å². The third-order valence-electron chi connectivity index (χ3n) is 5.76. The van der Waals surface area contributed by atoms with E-state index >= 15 is 0 Å². The third kappa shape index (κ3) is 5.42. The fourth-order valence-corrected chi connectivity index (χ4v) is 5.90. The zero-order valence-electron chi connectivity index (χ0n) is 17.7. The lowest BCUT2D eigenvalue weighted by atomic mass is 9.95. The molecule has 1 aliphatic heterocycles. The van der Waals surface area contributed by atoms with Gasteiger partial charge in [-0.3, -0.25) is 4.79 Å². The van der Waals surface area contributed by atoms with Crippen LogP contribution in [0.4, 0.5) is 0 Å². The van der Waals surface area contributed by atoms with Crippen molar-refractivity contribution in [3.05, 3.63) is 69.7 Å². The van der Waals surface area contributed by atoms with Crippen LogP contribution in [0.3, 0.4) is 0 Å². The summed E-state index contributed by atoms with van der Waals surface area (Å²) in [6, 6.07) is 13.1. The number of piperidine rings is 1. The topological polar surface area (TPSA) is 66.5 Å². The highest BCUT2D eigenvalue weighted by Crippen LogP contribution is 2.25. The number of sulfonamides is 1. The lowest BCUT2D eigenvalue weighted by Crippen LogP contribution is -2.43. The van der Waals surface area contributed by atoms with Crippen molar-refractivity contribution in [1.82, 2.24) is 9.62 Å². The van der Waals surface area contributed by atoms with Crippen LogP contribution in [0.5, 0.6) is 0 Å². The summed E-state index contributed by atoms with van der Waals surface area (Å²) in [6.45, 7) is 6.78. The van der Waals surface area contributed by atoms with E-state index < -0.39 is 10.0 Å². The van der Waals surface area contributed by atoms with Crippen molar-refractivity contribution in [2.24, 2.45) is 5.92 Å². The Bertz CT molecular complexity index is 1010. The van der Waals surface area contributed by atoms with Gasteiger partial charge in [0.05, 0.1) is 11.8 Å². The molecule has 3 rings (SSSR count). The van der Waals surface area contributed by atoms with Gasteiger partial charge in [-0.25, -0.2) is 12.7 Å². The number of benzene rings is 2. The summed E-state index contributed by atoms with van der Waals surface area (Å²) in [5.74, 6) is -0.302. The molecule has 1 saturated heterocycles. The van der Waals surface area contributed by atoms with E-state index in [4.69, 9.17) is 11.6 Å². The fourth-order valence-electron chi connectivity index (χ4n) is 4.02. The molecule has 1 atom stereocenters. The fraction of sp³-hybridized carbons (Fsp3) is 0.435. The molecule has 0 aromatic heterocycles. The Balaban J connectivity index is 1.56. The molecule has 1 heterocycles. The van der Waals surface area contributed by atoms with Crippen molar-refractivity contribution >= 4 is 27.5 Å². The van der Waals surface area contributed by atoms with Crippen LogP contribution in [0.25, 0.3) is 0 Å². The summed E-state index contributed by atoms with van der Waals surface area (Å²) in [4.78, 5) is 12.8. The van der Waals surface area contributed by atoms with Crippen LogP contribution in [0, 0.1) is 19.8 Å². The van der Waals surface area contributed by atoms with Gasteiger partial charge in [-0.05, 0) is 56.4 Å². The average molecular weight is 449 g/mol. The maximum Gasteiger partial charge on any atom is 0.223 e. The molecule has 0 bridgehead atoms. The first-order chi connectivity index (χ1) is 14.2. The minimum atomic E-state index is -3.47. The maximum atomic E-state index is 12.8. The van der Waals surface area contributed by atoms with E-state index in [2.05, 4.69) is 17.4 Å². The molecule has 2 aromatic carbocycles. The number of hydrogen-bond acceptors (Lipinski definition) is 3. The Morgan fingerprint density at radius 3 is 2.47 bits per heavy atom. The number of aryl methyl sites for hydroxylation is 2. The Hall–Kier alpha value is -1.89. The molecular weight excluding hydrogens is 420 g/mol. The molecule has 1 aliphatic rings. The zero-order valence-corrected chi connectivity index (χ0v) is 19.3. The van der Waals surface area contributed by atoms with Gasteiger partial charge in [0.1, 0.15) is 0 Å². The van der Waals surface area contributed by atoms with Gasteiger partial charge in [-0.1, -0.05) is 53.6 Å². The van der Waals surface area contributed by atoms with Crippen LogP contribution < -0.4 is 5.32 Å². The van der Waals surface area contributed by atoms with E-state index in [-0.39, 0.29) is 23.6 Å². The number of nitrogens with zero attached hydrogens (tertiary/aromatic N) is 1. The molecule has 162 valence electrons. The minimum Gasteiger partial charge on any atom is -0.349 e. The van der Waals surface area contributed by atoms with Crippen molar-refractivity contribution in [3.8, 4) is 0 Å². The Morgan fingerprint density at radius 1 is 1.17 bits per heavy atom. The molecule has 1 N–H and O–H groups in total. The lowest BCUT2D eigenvalue weighted by molar-refractivity contribution is -0.126. The first kappa shape index (κ1) is 22.8. The van der Waals surface area contributed by atoms with E-state index in [0.717, 1.165) is 11.1 Å². The number of carbonyl (C=O) groups is 1. The number of rotatable bonds is 6. The molecule has 30 heavy (non-hydrogen) atoms. The Kier molecular flexibility index (Phi) is 7.22. The highest BCUT2D eigenvalue weighted by atomic mass is 35.5. The summed E-state index contributed by atoms with van der Waals surface area (Å²) in [6.07, 6.45) is 1.04. The van der Waals surface area contributed by atoms with Gasteiger partial charge in [-0.15, -0.1) is 0 Å². The molecule has 0 saturated carbocycles. The number of halogens is 1. The van der Waals surface area contributed by atoms with E-state index in [1.165, 1.54) is 9.87 Å². The molecule has 1 fully saturated rings. The van der Waals surface area contributed by atoms with Crippen LogP contribution >= 0.6 is 11.6 Å². The largest absolute Gasteiger partial charge is 0.349 e. The molecule has 1 amide bonds. The van der Waals surface area contributed by atoms with Gasteiger partial charge in [0.2, 0.25) is 15.9 Å². The van der Waals surface area contributed by atoms with Crippen molar-refractivity contribution in [1.29, 1.82) is 0 Å². The first-order valence-electron chi connectivity index (χ1n) is 10.3. The molecular formula is C23H29ClN2O3S. The summed E-state index contributed by atoms with van der Waals surface area (Å²) >= 11 is 6.12. The first-order valence-corrected chi connectivity index (χ1v) is 12.2. The van der Waals surface area contributed by atoms with E-state index in [9.17, 15) is 13.2 Å². The van der Waals surface area contributed by atoms with Gasteiger partial charge in [0.25, 0.3) is 0 Å². The SMILES string of the molecule is Cc1ccc([C@H](C)NC(=O)C2CCN(S(=O)(=O)Cc3ccccc3Cl)CC2)c(C)c1. The zero-order chi connectivity index (χ0) is 21.9. The highest BCUT2D eigenvalue weighted by Gasteiger charge is 2.32. The van der Waals surface area contributed by atoms with Crippen molar-refractivity contribution in [2.75, 3.05) is 13.1 Å². The number of carbonyl (C=O) groups excluding carboxylic acids is 1. The van der Waals surface area contributed by atoms with Gasteiger partial charge < -0.3 is 5.32 Å². The predicted molar refractivity (Wildman–Crippen MR) is 121 cm³/mol. The van der Waals surface area contributed by atoms with E-state index in [1.807, 2.05) is 26.8 Å². The second-order valence-corrected chi connectivity index (χ2v) is 10.5. The molecule has 0 radical (unpaired) electrons. The molecule has 2 aromatic rings. The van der Waals surface area contributed by atoms with Gasteiger partial charge in [0.15, 0.2) is 0 Å². The number of amides is 1. The van der Waals surface area contributed by atoms with Crippen LogP contribution in [-0.4, -0.2) is 31.7 Å². The predicted octanol–water partition coefficient (Wildman–Crippen LogP) is 4.38. The van der Waals surface area contributed by atoms with Crippen LogP contribution in [-0.2, 0) is 20.6 Å². The quantitative estimate of drug-likeness (QED) is 0.713. The van der Waals surface area contributed by atoms with Crippen LogP contribution in [0.15, 0.2) is 42.5 Å². The number of nitrogens with one attached hydrogen (secondary N) is 1. The molecule has 5 nitrogen and oxygen atoms in total. The lowest BCUT2D eigenvalue weighted by Gasteiger charge is -2.31. The molecule has 0 spiro atoms. The van der Waals surface area contributed by atoms with Crippen LogP contribution in [0.2, 0.25) is 5.02 Å². The van der Waals surface area contributed by atoms with E-state index in [0.29, 0.717) is 36.5 Å². The Morgan fingerprint density at radius 2 is 1.83 bits per heavy atom. The molecule has 0 aliphatic carbocycles. The van der Waals surface area contributed by atoms with Crippen LogP contribution in [0.1, 0.15) is 48.1 Å². The van der Waals surface area contributed by atoms with Gasteiger partial charge in [-0.2, -0.15) is 0 Å². The summed E-state index contributed by atoms with van der Waals surface area (Å²) in [5.41, 5.74) is 4.05. The molecule has 0 unspecified atom stereocenters. The minimum absolute atomic E-state index is 0.00868. The van der Waals surface area contributed by atoms with E-state index in [1.54, 1.807) is 24.3 Å². The Labute approximate surface area is 184 Å². The summed E-state index contributed by atoms with van der Waals surface area (Å²) in [5, 5.41) is 3.56. The summed E-state index contributed by atoms with van der Waals surface area (Å²) < 4.78 is 27.0. The van der Waals surface area contributed by atoms with Crippen molar-refractivity contribution in [2.45, 2.75) is 45.4 Å². The third-order valence-corrected chi connectivity index (χ3v) is 7.96. The van der Waals surface area contributed by atoms with Crippen molar-refractivity contribution < 1.29 is 13.2 Å². The highest BCUT2D eigenvalue weighted by molar-refractivity contribution is 7.88. The molecule has 7 heteroatoms. The second kappa shape index (κ2) is 9.50. The second-order valence-electron chi connectivity index (χ2n) is 8.11. The smallest absolute Gasteiger partial charge is 0.223 e. The van der Waals surface area contributed by atoms with Crippen molar-refractivity contribution in [3.63, 3.8) is 0 Å². The maximum absolute atomic E-state index is 12.8. The standard InChI is InChI=1S/C23H29ClN2O3S/c1-16-8-9-21(17(2)14-16)18(3)25-23(27)19-10-12-26(13-11-19)30(28,29)15-20-6-4-5-7-22(20)24/h4-9,14,18-19H,10-13,15H2,1-3H3,(H,25,27)/t18-/m0/s1. The normalized spacial score (nSPS) is 16.9. The van der Waals surface area contributed by atoms with Gasteiger partial charge >= 0.3 is 0 Å².